The van der Waals surface area contributed by atoms with Crippen LogP contribution in [0, 0.1) is 5.82 Å². The highest BCUT2D eigenvalue weighted by atomic mass is 32.2. The summed E-state index contributed by atoms with van der Waals surface area (Å²) >= 11 is 0. The minimum Gasteiger partial charge on any atom is -0.315 e. The first-order valence-electron chi connectivity index (χ1n) is 7.69. The number of benzene rings is 1. The van der Waals surface area contributed by atoms with E-state index in [4.69, 9.17) is 5.21 Å². The number of nitrogens with one attached hydrogen (secondary N) is 1. The normalized spacial score (nSPS) is 13.8. The third kappa shape index (κ3) is 4.00. The van der Waals surface area contributed by atoms with Crippen LogP contribution in [-0.4, -0.2) is 35.1 Å². The second kappa shape index (κ2) is 7.38. The number of rotatable bonds is 6. The summed E-state index contributed by atoms with van der Waals surface area (Å²) < 4.78 is 36.5. The van der Waals surface area contributed by atoms with Crippen LogP contribution in [-0.2, 0) is 21.2 Å². The third-order valence-electron chi connectivity index (χ3n) is 4.38. The molecule has 0 saturated heterocycles. The molecule has 2 aromatic rings. The number of pyridine rings is 1. The van der Waals surface area contributed by atoms with Crippen LogP contribution >= 0.6 is 0 Å². The van der Waals surface area contributed by atoms with Crippen LogP contribution in [0.3, 0.4) is 0 Å². The molecular formula is C17H19FN2O5S. The van der Waals surface area contributed by atoms with Crippen LogP contribution in [0.4, 0.5) is 4.39 Å². The average Bonchev–Trinajstić information content (AvgIpc) is 2.58. The molecule has 1 aromatic carbocycles. The van der Waals surface area contributed by atoms with E-state index in [0.717, 1.165) is 6.26 Å². The molecule has 0 radical (unpaired) electrons. The number of hydroxylamine groups is 1. The summed E-state index contributed by atoms with van der Waals surface area (Å²) in [4.78, 5) is 24.1. The van der Waals surface area contributed by atoms with E-state index in [1.165, 1.54) is 47.4 Å². The summed E-state index contributed by atoms with van der Waals surface area (Å²) in [6.07, 6.45) is 2.12. The van der Waals surface area contributed by atoms with Crippen molar-refractivity contribution in [2.75, 3.05) is 6.26 Å². The molecular weight excluding hydrogens is 363 g/mol. The molecule has 1 aromatic heterocycles. The van der Waals surface area contributed by atoms with E-state index in [-0.39, 0.29) is 13.0 Å². The lowest BCUT2D eigenvalue weighted by atomic mass is 10.1. The van der Waals surface area contributed by atoms with Gasteiger partial charge in [-0.25, -0.2) is 18.3 Å². The molecule has 26 heavy (non-hydrogen) atoms. The number of nitrogens with zero attached hydrogens (tertiary/aromatic N) is 1. The van der Waals surface area contributed by atoms with Gasteiger partial charge in [0.25, 0.3) is 11.5 Å². The molecule has 0 fully saturated rings. The van der Waals surface area contributed by atoms with Crippen LogP contribution < -0.4 is 11.0 Å². The zero-order valence-electron chi connectivity index (χ0n) is 14.3. The Kier molecular flexibility index (Phi) is 5.62. The van der Waals surface area contributed by atoms with E-state index >= 15 is 0 Å². The lowest BCUT2D eigenvalue weighted by Gasteiger charge is -2.25. The zero-order chi connectivity index (χ0) is 19.5. The number of amides is 1. The first-order valence-corrected chi connectivity index (χ1v) is 9.58. The fourth-order valence-electron chi connectivity index (χ4n) is 2.46. The summed E-state index contributed by atoms with van der Waals surface area (Å²) in [5.41, 5.74) is 1.99. The Labute approximate surface area is 150 Å². The van der Waals surface area contributed by atoms with Gasteiger partial charge in [0.2, 0.25) is 0 Å². The summed E-state index contributed by atoms with van der Waals surface area (Å²) in [6, 6.07) is 8.68. The summed E-state index contributed by atoms with van der Waals surface area (Å²) in [7, 11) is -3.84. The Morgan fingerprint density at radius 3 is 2.46 bits per heavy atom. The van der Waals surface area contributed by atoms with Gasteiger partial charge in [-0.2, -0.15) is 0 Å². The van der Waals surface area contributed by atoms with Crippen molar-refractivity contribution in [2.24, 2.45) is 0 Å². The van der Waals surface area contributed by atoms with Crippen molar-refractivity contribution in [2.45, 2.75) is 24.6 Å². The molecule has 140 valence electrons. The quantitative estimate of drug-likeness (QED) is 0.580. The largest absolute Gasteiger partial charge is 0.315 e. The molecule has 1 atom stereocenters. The summed E-state index contributed by atoms with van der Waals surface area (Å²) in [6.45, 7) is 1.12. The summed E-state index contributed by atoms with van der Waals surface area (Å²) in [5.74, 6) is -1.49. The van der Waals surface area contributed by atoms with Gasteiger partial charge in [0, 0.05) is 25.1 Å². The molecule has 1 amide bonds. The van der Waals surface area contributed by atoms with Crippen molar-refractivity contribution in [3.63, 3.8) is 0 Å². The second-order valence-electron chi connectivity index (χ2n) is 6.15. The molecule has 0 aliphatic heterocycles. The Balaban J connectivity index is 2.28. The highest BCUT2D eigenvalue weighted by molar-refractivity contribution is 7.92. The van der Waals surface area contributed by atoms with E-state index in [1.54, 1.807) is 12.1 Å². The molecule has 0 bridgehead atoms. The molecule has 0 aliphatic carbocycles. The Morgan fingerprint density at radius 2 is 1.92 bits per heavy atom. The van der Waals surface area contributed by atoms with Crippen molar-refractivity contribution < 1.29 is 22.8 Å². The van der Waals surface area contributed by atoms with Crippen LogP contribution in [0.2, 0.25) is 0 Å². The number of hydrogen-bond donors (Lipinski definition) is 2. The predicted molar refractivity (Wildman–Crippen MR) is 93.9 cm³/mol. The maximum Gasteiger partial charge on any atom is 0.264 e. The predicted octanol–water partition coefficient (Wildman–Crippen LogP) is 1.35. The number of carbonyl (C=O) groups excluding carboxylic acids is 1. The van der Waals surface area contributed by atoms with Gasteiger partial charge in [0.15, 0.2) is 14.6 Å². The molecule has 1 unspecified atom stereocenters. The molecule has 2 N–H and O–H groups in total. The molecule has 0 aliphatic rings. The second-order valence-corrected chi connectivity index (χ2v) is 8.60. The topological polar surface area (TPSA) is 105 Å². The third-order valence-corrected chi connectivity index (χ3v) is 6.41. The number of halogens is 1. The first-order chi connectivity index (χ1) is 12.1. The maximum atomic E-state index is 13.3. The van der Waals surface area contributed by atoms with Gasteiger partial charge in [-0.1, -0.05) is 12.1 Å². The Morgan fingerprint density at radius 1 is 1.27 bits per heavy atom. The lowest BCUT2D eigenvalue weighted by Crippen LogP contribution is -2.49. The fraction of sp³-hybridized carbons (Fsp3) is 0.294. The maximum absolute atomic E-state index is 13.3. The highest BCUT2D eigenvalue weighted by Crippen LogP contribution is 2.22. The lowest BCUT2D eigenvalue weighted by molar-refractivity contribution is -0.131. The van der Waals surface area contributed by atoms with E-state index in [2.05, 4.69) is 0 Å². The zero-order valence-corrected chi connectivity index (χ0v) is 15.1. The first kappa shape index (κ1) is 19.8. The monoisotopic (exact) mass is 382 g/mol. The Bertz CT molecular complexity index is 987. The van der Waals surface area contributed by atoms with Crippen LogP contribution in [0.1, 0.15) is 13.3 Å². The summed E-state index contributed by atoms with van der Waals surface area (Å²) in [5, 5.41) is 8.81. The van der Waals surface area contributed by atoms with Crippen molar-refractivity contribution in [1.29, 1.82) is 0 Å². The van der Waals surface area contributed by atoms with Gasteiger partial charge in [-0.05, 0) is 42.7 Å². The van der Waals surface area contributed by atoms with E-state index in [9.17, 15) is 22.4 Å². The molecule has 2 rings (SSSR count). The molecule has 7 nitrogen and oxygen atoms in total. The van der Waals surface area contributed by atoms with Crippen molar-refractivity contribution in [3.05, 3.63) is 58.8 Å². The van der Waals surface area contributed by atoms with Gasteiger partial charge in [-0.15, -0.1) is 0 Å². The molecule has 1 heterocycles. The van der Waals surface area contributed by atoms with Crippen LogP contribution in [0.15, 0.2) is 47.4 Å². The number of aromatic nitrogens is 1. The number of hydrogen-bond acceptors (Lipinski definition) is 5. The van der Waals surface area contributed by atoms with Gasteiger partial charge in [0.05, 0.1) is 0 Å². The smallest absolute Gasteiger partial charge is 0.264 e. The van der Waals surface area contributed by atoms with Crippen LogP contribution in [0.25, 0.3) is 11.1 Å². The minimum absolute atomic E-state index is 0.0563. The fourth-order valence-corrected chi connectivity index (χ4v) is 3.30. The Hall–Kier alpha value is -2.52. The standard InChI is InChI=1S/C17H19FN2O5S/c1-17(16(22)19-23,26(2,24)25)7-9-20-8-6-13(11-15(20)21)12-4-3-5-14(18)10-12/h3-6,8,10-11,23H,7,9H2,1-2H3,(H,19,22). The van der Waals surface area contributed by atoms with Gasteiger partial charge < -0.3 is 4.57 Å². The van der Waals surface area contributed by atoms with Crippen LogP contribution in [0.5, 0.6) is 0 Å². The van der Waals surface area contributed by atoms with Gasteiger partial charge in [-0.3, -0.25) is 14.8 Å². The number of carbonyl (C=O) groups is 1. The molecule has 9 heteroatoms. The number of aryl methyl sites for hydroxylation is 1. The average molecular weight is 382 g/mol. The minimum atomic E-state index is -3.84. The van der Waals surface area contributed by atoms with Crippen molar-refractivity contribution >= 4 is 15.7 Å². The van der Waals surface area contributed by atoms with E-state index in [0.29, 0.717) is 11.1 Å². The van der Waals surface area contributed by atoms with Crippen molar-refractivity contribution in [1.82, 2.24) is 10.0 Å². The van der Waals surface area contributed by atoms with Gasteiger partial charge in [0.1, 0.15) is 5.82 Å². The van der Waals surface area contributed by atoms with Crippen molar-refractivity contribution in [3.8, 4) is 11.1 Å². The number of sulfone groups is 1. The highest BCUT2D eigenvalue weighted by Gasteiger charge is 2.43. The molecule has 0 spiro atoms. The van der Waals surface area contributed by atoms with E-state index < -0.39 is 31.9 Å². The van der Waals surface area contributed by atoms with Gasteiger partial charge >= 0.3 is 0 Å². The van der Waals surface area contributed by atoms with E-state index in [1.807, 2.05) is 0 Å². The molecule has 0 saturated carbocycles. The SMILES string of the molecule is CC(CCn1ccc(-c2cccc(F)c2)cc1=O)(C(=O)NO)S(C)(=O)=O.